The molecule has 0 fully saturated rings. The number of hydrogen-bond donors (Lipinski definition) is 1. The van der Waals surface area contributed by atoms with Crippen LogP contribution in [0.1, 0.15) is 38.0 Å². The van der Waals surface area contributed by atoms with Gasteiger partial charge in [-0.3, -0.25) is 4.68 Å². The van der Waals surface area contributed by atoms with Crippen molar-refractivity contribution < 1.29 is 0 Å². The van der Waals surface area contributed by atoms with Crippen molar-refractivity contribution in [3.05, 3.63) is 11.6 Å². The summed E-state index contributed by atoms with van der Waals surface area (Å²) in [7, 11) is 3.90. The quantitative estimate of drug-likeness (QED) is 0.756. The molecule has 1 N–H and O–H groups in total. The summed E-state index contributed by atoms with van der Waals surface area (Å²) >= 11 is 0. The molecule has 0 radical (unpaired) electrons. The Labute approximate surface area is 79.4 Å². The van der Waals surface area contributed by atoms with Gasteiger partial charge in [0.15, 0.2) is 5.82 Å². The fourth-order valence-corrected chi connectivity index (χ4v) is 1.42. The van der Waals surface area contributed by atoms with Gasteiger partial charge in [-0.25, -0.2) is 4.98 Å². The van der Waals surface area contributed by atoms with Crippen LogP contribution in [0.25, 0.3) is 0 Å². The van der Waals surface area contributed by atoms with Crippen LogP contribution in [0.15, 0.2) is 0 Å². The second kappa shape index (κ2) is 4.37. The molecule has 1 rings (SSSR count). The molecule has 0 spiro atoms. The highest BCUT2D eigenvalue weighted by Gasteiger charge is 2.13. The predicted octanol–water partition coefficient (Wildman–Crippen LogP) is 1.05. The molecule has 0 aliphatic rings. The lowest BCUT2D eigenvalue weighted by atomic mass is 10.2. The lowest BCUT2D eigenvalue weighted by molar-refractivity contribution is 0.513. The zero-order valence-corrected chi connectivity index (χ0v) is 8.83. The molecule has 0 aliphatic heterocycles. The molecule has 0 bridgehead atoms. The van der Waals surface area contributed by atoms with E-state index in [2.05, 4.69) is 29.2 Å². The molecule has 4 nitrogen and oxygen atoms in total. The molecule has 1 unspecified atom stereocenters. The van der Waals surface area contributed by atoms with Crippen LogP contribution >= 0.6 is 0 Å². The lowest BCUT2D eigenvalue weighted by Crippen LogP contribution is -2.19. The standard InChI is InChI=1S/C9H18N4/c1-5-7(10-3)9-11-8(6-2)12-13(9)4/h7,10H,5-6H2,1-4H3. The van der Waals surface area contributed by atoms with Gasteiger partial charge in [-0.15, -0.1) is 0 Å². The highest BCUT2D eigenvalue weighted by Crippen LogP contribution is 2.12. The summed E-state index contributed by atoms with van der Waals surface area (Å²) < 4.78 is 1.86. The molecule has 4 heteroatoms. The molecule has 13 heavy (non-hydrogen) atoms. The molecule has 0 saturated heterocycles. The van der Waals surface area contributed by atoms with Gasteiger partial charge in [0.25, 0.3) is 0 Å². The third-order valence-corrected chi connectivity index (χ3v) is 2.23. The van der Waals surface area contributed by atoms with Crippen LogP contribution in [0.5, 0.6) is 0 Å². The summed E-state index contributed by atoms with van der Waals surface area (Å²) in [6.07, 6.45) is 1.93. The van der Waals surface area contributed by atoms with Crippen LogP contribution < -0.4 is 5.32 Å². The Morgan fingerprint density at radius 1 is 1.46 bits per heavy atom. The van der Waals surface area contributed by atoms with E-state index in [0.29, 0.717) is 6.04 Å². The van der Waals surface area contributed by atoms with Crippen molar-refractivity contribution in [3.8, 4) is 0 Å². The smallest absolute Gasteiger partial charge is 0.150 e. The van der Waals surface area contributed by atoms with Crippen LogP contribution in [0.4, 0.5) is 0 Å². The maximum Gasteiger partial charge on any atom is 0.150 e. The minimum Gasteiger partial charge on any atom is -0.310 e. The summed E-state index contributed by atoms with van der Waals surface area (Å²) in [6.45, 7) is 4.21. The van der Waals surface area contributed by atoms with Gasteiger partial charge in [-0.2, -0.15) is 5.10 Å². The van der Waals surface area contributed by atoms with Gasteiger partial charge in [0.05, 0.1) is 6.04 Å². The van der Waals surface area contributed by atoms with E-state index in [1.165, 1.54) is 0 Å². The van der Waals surface area contributed by atoms with Crippen LogP contribution in [-0.2, 0) is 13.5 Å². The van der Waals surface area contributed by atoms with Crippen molar-refractivity contribution >= 4 is 0 Å². The average molecular weight is 182 g/mol. The van der Waals surface area contributed by atoms with Gasteiger partial charge in [-0.1, -0.05) is 13.8 Å². The van der Waals surface area contributed by atoms with Gasteiger partial charge in [-0.05, 0) is 13.5 Å². The van der Waals surface area contributed by atoms with E-state index in [1.54, 1.807) is 0 Å². The largest absolute Gasteiger partial charge is 0.310 e. The molecule has 1 heterocycles. The second-order valence-electron chi connectivity index (χ2n) is 3.11. The summed E-state index contributed by atoms with van der Waals surface area (Å²) in [6, 6.07) is 0.317. The summed E-state index contributed by atoms with van der Waals surface area (Å²) in [5, 5.41) is 7.53. The van der Waals surface area contributed by atoms with E-state index in [9.17, 15) is 0 Å². The Balaban J connectivity index is 2.91. The van der Waals surface area contributed by atoms with E-state index in [1.807, 2.05) is 18.8 Å². The summed E-state index contributed by atoms with van der Waals surface area (Å²) in [5.41, 5.74) is 0. The van der Waals surface area contributed by atoms with Gasteiger partial charge in [0, 0.05) is 13.5 Å². The normalized spacial score (nSPS) is 13.2. The zero-order valence-electron chi connectivity index (χ0n) is 8.83. The molecule has 74 valence electrons. The molecule has 1 aromatic heterocycles. The minimum atomic E-state index is 0.317. The highest BCUT2D eigenvalue weighted by atomic mass is 15.3. The fourth-order valence-electron chi connectivity index (χ4n) is 1.42. The summed E-state index contributed by atoms with van der Waals surface area (Å²) in [4.78, 5) is 4.46. The fraction of sp³-hybridized carbons (Fsp3) is 0.778. The molecule has 0 saturated carbocycles. The second-order valence-corrected chi connectivity index (χ2v) is 3.11. The number of hydrogen-bond acceptors (Lipinski definition) is 3. The topological polar surface area (TPSA) is 42.7 Å². The first-order valence-electron chi connectivity index (χ1n) is 4.80. The van der Waals surface area contributed by atoms with Crippen molar-refractivity contribution in [1.29, 1.82) is 0 Å². The Morgan fingerprint density at radius 2 is 2.15 bits per heavy atom. The van der Waals surface area contributed by atoms with Crippen molar-refractivity contribution in [2.24, 2.45) is 7.05 Å². The van der Waals surface area contributed by atoms with Gasteiger partial charge >= 0.3 is 0 Å². The lowest BCUT2D eigenvalue weighted by Gasteiger charge is -2.11. The maximum atomic E-state index is 4.46. The molecule has 0 amide bonds. The average Bonchev–Trinajstić information content (AvgIpc) is 2.50. The Bertz CT molecular complexity index is 263. The van der Waals surface area contributed by atoms with Crippen LogP contribution in [0, 0.1) is 0 Å². The van der Waals surface area contributed by atoms with E-state index < -0.39 is 0 Å². The number of nitrogens with zero attached hydrogens (tertiary/aromatic N) is 3. The Kier molecular flexibility index (Phi) is 3.42. The van der Waals surface area contributed by atoms with E-state index in [4.69, 9.17) is 0 Å². The van der Waals surface area contributed by atoms with Gasteiger partial charge < -0.3 is 5.32 Å². The van der Waals surface area contributed by atoms with Crippen LogP contribution in [-0.4, -0.2) is 21.8 Å². The first-order valence-corrected chi connectivity index (χ1v) is 4.80. The maximum absolute atomic E-state index is 4.46. The zero-order chi connectivity index (χ0) is 9.84. The number of nitrogens with one attached hydrogen (secondary N) is 1. The number of rotatable bonds is 4. The van der Waals surface area contributed by atoms with Gasteiger partial charge in [0.1, 0.15) is 5.82 Å². The van der Waals surface area contributed by atoms with E-state index >= 15 is 0 Å². The first kappa shape index (κ1) is 10.2. The SMILES string of the molecule is CCc1nc(C(CC)NC)n(C)n1. The molecule has 0 aliphatic carbocycles. The van der Waals surface area contributed by atoms with Gasteiger partial charge in [0.2, 0.25) is 0 Å². The van der Waals surface area contributed by atoms with Crippen molar-refractivity contribution in [2.45, 2.75) is 32.7 Å². The van der Waals surface area contributed by atoms with Crippen molar-refractivity contribution in [3.63, 3.8) is 0 Å². The third kappa shape index (κ3) is 2.06. The Morgan fingerprint density at radius 3 is 2.54 bits per heavy atom. The minimum absolute atomic E-state index is 0.317. The monoisotopic (exact) mass is 182 g/mol. The van der Waals surface area contributed by atoms with Crippen molar-refractivity contribution in [2.75, 3.05) is 7.05 Å². The number of aromatic nitrogens is 3. The molecule has 0 aromatic carbocycles. The summed E-state index contributed by atoms with van der Waals surface area (Å²) in [5.74, 6) is 1.95. The molecular weight excluding hydrogens is 164 g/mol. The van der Waals surface area contributed by atoms with Crippen molar-refractivity contribution in [1.82, 2.24) is 20.1 Å². The van der Waals surface area contributed by atoms with E-state index in [-0.39, 0.29) is 0 Å². The molecular formula is C9H18N4. The highest BCUT2D eigenvalue weighted by molar-refractivity contribution is 4.98. The molecule has 1 aromatic rings. The Hall–Kier alpha value is -0.900. The van der Waals surface area contributed by atoms with Crippen LogP contribution in [0.3, 0.4) is 0 Å². The van der Waals surface area contributed by atoms with E-state index in [0.717, 1.165) is 24.5 Å². The van der Waals surface area contributed by atoms with Crippen LogP contribution in [0.2, 0.25) is 0 Å². The third-order valence-electron chi connectivity index (χ3n) is 2.23. The molecule has 1 atom stereocenters. The predicted molar refractivity (Wildman–Crippen MR) is 52.5 cm³/mol. The number of aryl methyl sites for hydroxylation is 2. The first-order chi connectivity index (χ1) is 6.22.